The highest BCUT2D eigenvalue weighted by Crippen LogP contribution is 2.26. The average Bonchev–Trinajstić information content (AvgIpc) is 3.00. The van der Waals surface area contributed by atoms with Gasteiger partial charge in [-0.3, -0.25) is 19.3 Å². The first-order valence-corrected chi connectivity index (χ1v) is 9.08. The number of amides is 3. The summed E-state index contributed by atoms with van der Waals surface area (Å²) >= 11 is 0. The molecule has 0 aromatic heterocycles. The summed E-state index contributed by atoms with van der Waals surface area (Å²) in [4.78, 5) is 51.1. The second kappa shape index (κ2) is 8.97. The van der Waals surface area contributed by atoms with Gasteiger partial charge in [-0.1, -0.05) is 48.5 Å². The third-order valence-electron chi connectivity index (χ3n) is 4.47. The van der Waals surface area contributed by atoms with Crippen molar-refractivity contribution in [2.75, 3.05) is 13.2 Å². The predicted molar refractivity (Wildman–Crippen MR) is 105 cm³/mol. The smallest absolute Gasteiger partial charge is 0.330 e. The van der Waals surface area contributed by atoms with Crippen molar-refractivity contribution in [2.45, 2.75) is 12.5 Å². The molecule has 0 saturated carbocycles. The lowest BCUT2D eigenvalue weighted by molar-refractivity contribution is -0.152. The van der Waals surface area contributed by atoms with Gasteiger partial charge in [-0.2, -0.15) is 0 Å². The van der Waals surface area contributed by atoms with Crippen LogP contribution in [0.15, 0.2) is 67.3 Å². The molecule has 0 spiro atoms. The Morgan fingerprint density at radius 1 is 1.00 bits per heavy atom. The minimum atomic E-state index is -1.18. The maximum absolute atomic E-state index is 12.8. The van der Waals surface area contributed by atoms with Crippen LogP contribution in [0.1, 0.15) is 26.3 Å². The Labute approximate surface area is 168 Å². The number of hydrogen-bond donors (Lipinski definition) is 1. The molecule has 1 atom stereocenters. The van der Waals surface area contributed by atoms with E-state index in [1.54, 1.807) is 48.5 Å². The maximum atomic E-state index is 12.8. The van der Waals surface area contributed by atoms with E-state index in [1.165, 1.54) is 6.08 Å². The van der Waals surface area contributed by atoms with Gasteiger partial charge in [0.15, 0.2) is 6.61 Å². The molecule has 0 fully saturated rings. The monoisotopic (exact) mass is 392 g/mol. The normalized spacial score (nSPS) is 13.6. The number of nitrogens with zero attached hydrogens (tertiary/aromatic N) is 1. The van der Waals surface area contributed by atoms with E-state index in [4.69, 9.17) is 4.74 Å². The lowest BCUT2D eigenvalue weighted by Gasteiger charge is -2.24. The van der Waals surface area contributed by atoms with Crippen molar-refractivity contribution in [3.8, 4) is 0 Å². The van der Waals surface area contributed by atoms with E-state index in [0.717, 1.165) is 10.5 Å². The van der Waals surface area contributed by atoms with E-state index in [2.05, 4.69) is 11.9 Å². The fourth-order valence-corrected chi connectivity index (χ4v) is 3.08. The summed E-state index contributed by atoms with van der Waals surface area (Å²) in [5, 5.41) is 2.50. The van der Waals surface area contributed by atoms with Crippen LogP contribution in [0.5, 0.6) is 0 Å². The van der Waals surface area contributed by atoms with E-state index in [0.29, 0.717) is 0 Å². The first-order chi connectivity index (χ1) is 14.0. The van der Waals surface area contributed by atoms with E-state index in [9.17, 15) is 19.2 Å². The Balaban J connectivity index is 1.83. The molecule has 1 aliphatic rings. The largest absolute Gasteiger partial charge is 0.454 e. The Bertz CT molecular complexity index is 920. The highest BCUT2D eigenvalue weighted by atomic mass is 16.5. The van der Waals surface area contributed by atoms with Crippen LogP contribution in [0.3, 0.4) is 0 Å². The van der Waals surface area contributed by atoms with E-state index in [1.807, 2.05) is 6.07 Å². The van der Waals surface area contributed by atoms with Gasteiger partial charge in [0, 0.05) is 13.0 Å². The molecule has 2 aromatic carbocycles. The molecule has 1 aliphatic heterocycles. The van der Waals surface area contributed by atoms with Gasteiger partial charge in [0.2, 0.25) is 0 Å². The zero-order valence-electron chi connectivity index (χ0n) is 15.7. The van der Waals surface area contributed by atoms with Gasteiger partial charge >= 0.3 is 5.97 Å². The van der Waals surface area contributed by atoms with Crippen LogP contribution in [-0.2, 0) is 20.7 Å². The number of rotatable bonds is 8. The first-order valence-electron chi connectivity index (χ1n) is 9.08. The van der Waals surface area contributed by atoms with Crippen molar-refractivity contribution in [3.05, 3.63) is 83.9 Å². The highest BCUT2D eigenvalue weighted by molar-refractivity contribution is 6.22. The van der Waals surface area contributed by atoms with Crippen LogP contribution in [0, 0.1) is 0 Å². The molecule has 0 radical (unpaired) electrons. The summed E-state index contributed by atoms with van der Waals surface area (Å²) in [6, 6.07) is 14.2. The zero-order valence-corrected chi connectivity index (χ0v) is 15.7. The summed E-state index contributed by atoms with van der Waals surface area (Å²) in [5.74, 6) is -2.43. The van der Waals surface area contributed by atoms with Crippen LogP contribution in [-0.4, -0.2) is 47.8 Å². The van der Waals surface area contributed by atoms with Gasteiger partial charge in [0.05, 0.1) is 11.1 Å². The predicted octanol–water partition coefficient (Wildman–Crippen LogP) is 1.74. The van der Waals surface area contributed by atoms with E-state index in [-0.39, 0.29) is 24.1 Å². The molecule has 7 heteroatoms. The molecule has 0 aliphatic carbocycles. The molecule has 7 nitrogen and oxygen atoms in total. The Kier molecular flexibility index (Phi) is 6.19. The van der Waals surface area contributed by atoms with Crippen molar-refractivity contribution in [3.63, 3.8) is 0 Å². The topological polar surface area (TPSA) is 92.8 Å². The molecular weight excluding hydrogens is 372 g/mol. The summed E-state index contributed by atoms with van der Waals surface area (Å²) < 4.78 is 5.11. The average molecular weight is 392 g/mol. The lowest BCUT2D eigenvalue weighted by Crippen LogP contribution is -2.47. The third kappa shape index (κ3) is 4.40. The SMILES string of the molecule is C=CCNC(=O)COC(=O)[C@H](Cc1ccccc1)N1C(=O)c2ccccc2C1=O. The van der Waals surface area contributed by atoms with Crippen LogP contribution >= 0.6 is 0 Å². The van der Waals surface area contributed by atoms with Gasteiger partial charge in [-0.25, -0.2) is 4.79 Å². The lowest BCUT2D eigenvalue weighted by atomic mass is 10.0. The van der Waals surface area contributed by atoms with E-state index < -0.39 is 36.3 Å². The summed E-state index contributed by atoms with van der Waals surface area (Å²) in [6.07, 6.45) is 1.58. The van der Waals surface area contributed by atoms with E-state index >= 15 is 0 Å². The molecule has 2 aromatic rings. The minimum absolute atomic E-state index is 0.0828. The van der Waals surface area contributed by atoms with Crippen LogP contribution in [0.2, 0.25) is 0 Å². The third-order valence-corrected chi connectivity index (χ3v) is 4.47. The molecule has 29 heavy (non-hydrogen) atoms. The number of imide groups is 1. The minimum Gasteiger partial charge on any atom is -0.454 e. The van der Waals surface area contributed by atoms with Crippen molar-refractivity contribution < 1.29 is 23.9 Å². The van der Waals surface area contributed by atoms with Crippen molar-refractivity contribution >= 4 is 23.7 Å². The fourth-order valence-electron chi connectivity index (χ4n) is 3.08. The Morgan fingerprint density at radius 2 is 1.59 bits per heavy atom. The molecule has 0 bridgehead atoms. The number of ether oxygens (including phenoxy) is 1. The maximum Gasteiger partial charge on any atom is 0.330 e. The first kappa shape index (κ1) is 20.0. The number of nitrogens with one attached hydrogen (secondary N) is 1. The van der Waals surface area contributed by atoms with Crippen molar-refractivity contribution in [1.29, 1.82) is 0 Å². The molecule has 148 valence electrons. The Morgan fingerprint density at radius 3 is 2.17 bits per heavy atom. The quantitative estimate of drug-likeness (QED) is 0.420. The number of carbonyl (C=O) groups excluding carboxylic acids is 4. The van der Waals surface area contributed by atoms with Crippen molar-refractivity contribution in [1.82, 2.24) is 10.2 Å². The van der Waals surface area contributed by atoms with Gasteiger partial charge in [-0.05, 0) is 17.7 Å². The van der Waals surface area contributed by atoms with Gasteiger partial charge < -0.3 is 10.1 Å². The molecule has 3 rings (SSSR count). The second-order valence-electron chi connectivity index (χ2n) is 6.43. The Hall–Kier alpha value is -3.74. The van der Waals surface area contributed by atoms with Gasteiger partial charge in [-0.15, -0.1) is 6.58 Å². The molecule has 3 amide bonds. The zero-order chi connectivity index (χ0) is 20.8. The van der Waals surface area contributed by atoms with Gasteiger partial charge in [0.1, 0.15) is 6.04 Å². The molecule has 1 N–H and O–H groups in total. The number of fused-ring (bicyclic) bond motifs is 1. The van der Waals surface area contributed by atoms with Crippen LogP contribution in [0.25, 0.3) is 0 Å². The number of esters is 1. The number of benzene rings is 2. The standard InChI is InChI=1S/C22H20N2O5/c1-2-12-23-19(25)14-29-22(28)18(13-15-8-4-3-5-9-15)24-20(26)16-10-6-7-11-17(16)21(24)27/h2-11,18H,1,12-14H2,(H,23,25)/t18-/m0/s1. The van der Waals surface area contributed by atoms with Crippen molar-refractivity contribution in [2.24, 2.45) is 0 Å². The molecule has 0 unspecified atom stereocenters. The van der Waals surface area contributed by atoms with Crippen LogP contribution < -0.4 is 5.32 Å². The summed E-state index contributed by atoms with van der Waals surface area (Å²) in [6.45, 7) is 3.21. The molecular formula is C22H20N2O5. The van der Waals surface area contributed by atoms with Gasteiger partial charge in [0.25, 0.3) is 17.7 Å². The summed E-state index contributed by atoms with van der Waals surface area (Å²) in [5.41, 5.74) is 1.24. The number of hydrogen-bond acceptors (Lipinski definition) is 5. The fraction of sp³-hybridized carbons (Fsp3) is 0.182. The molecule has 0 saturated heterocycles. The summed E-state index contributed by atoms with van der Waals surface area (Å²) in [7, 11) is 0. The highest BCUT2D eigenvalue weighted by Gasteiger charge is 2.43. The van der Waals surface area contributed by atoms with Crippen LogP contribution in [0.4, 0.5) is 0 Å². The second-order valence-corrected chi connectivity index (χ2v) is 6.43. The number of carbonyl (C=O) groups is 4. The molecule has 1 heterocycles.